The number of para-hydroxylation sites is 2. The maximum atomic E-state index is 11.1. The molecule has 0 bridgehead atoms. The molecule has 2 aromatic carbocycles. The number of ether oxygens (including phenoxy) is 1. The highest BCUT2D eigenvalue weighted by Gasteiger charge is 2.22. The highest BCUT2D eigenvalue weighted by Crippen LogP contribution is 2.30. The van der Waals surface area contributed by atoms with Crippen LogP contribution in [-0.4, -0.2) is 24.5 Å². The summed E-state index contributed by atoms with van der Waals surface area (Å²) in [6.07, 6.45) is 2.51. The van der Waals surface area contributed by atoms with E-state index in [2.05, 4.69) is 15.6 Å². The second kappa shape index (κ2) is 10.8. The first-order valence-electron chi connectivity index (χ1n) is 9.05. The molecule has 3 rings (SSSR count). The number of nitrogens with zero attached hydrogens (tertiary/aromatic N) is 2. The van der Waals surface area contributed by atoms with Crippen molar-refractivity contribution < 1.29 is 9.66 Å². The van der Waals surface area contributed by atoms with E-state index < -0.39 is 0 Å². The second-order valence-electron chi connectivity index (χ2n) is 6.53. The van der Waals surface area contributed by atoms with Crippen LogP contribution >= 0.6 is 24.0 Å². The third-order valence-corrected chi connectivity index (χ3v) is 4.45. The lowest BCUT2D eigenvalue weighted by Crippen LogP contribution is -2.36. The molecular formula is C20H25IN4O3. The highest BCUT2D eigenvalue weighted by atomic mass is 127. The molecular weight excluding hydrogens is 471 g/mol. The fraction of sp³-hybridized carbons (Fsp3) is 0.350. The number of rotatable bonds is 8. The largest absolute Gasteiger partial charge is 0.493 e. The number of halogens is 1. The van der Waals surface area contributed by atoms with Crippen LogP contribution in [0.15, 0.2) is 53.5 Å². The van der Waals surface area contributed by atoms with Gasteiger partial charge in [0.15, 0.2) is 5.96 Å². The Bertz CT molecular complexity index is 825. The molecule has 1 saturated carbocycles. The van der Waals surface area contributed by atoms with Crippen molar-refractivity contribution in [2.45, 2.75) is 25.9 Å². The number of nitro benzene ring substituents is 1. The minimum Gasteiger partial charge on any atom is -0.493 e. The van der Waals surface area contributed by atoms with E-state index in [4.69, 9.17) is 4.74 Å². The van der Waals surface area contributed by atoms with Gasteiger partial charge in [-0.05, 0) is 24.8 Å². The van der Waals surface area contributed by atoms with Crippen molar-refractivity contribution in [3.63, 3.8) is 0 Å². The van der Waals surface area contributed by atoms with Gasteiger partial charge in [0.05, 0.1) is 11.5 Å². The fourth-order valence-corrected chi connectivity index (χ4v) is 2.70. The van der Waals surface area contributed by atoms with Gasteiger partial charge in [0.25, 0.3) is 5.69 Å². The summed E-state index contributed by atoms with van der Waals surface area (Å²) in [6.45, 7) is 1.63. The van der Waals surface area contributed by atoms with Crippen molar-refractivity contribution in [3.05, 3.63) is 69.8 Å². The molecule has 0 radical (unpaired) electrons. The van der Waals surface area contributed by atoms with Crippen LogP contribution in [0.4, 0.5) is 5.69 Å². The van der Waals surface area contributed by atoms with E-state index in [1.54, 1.807) is 25.2 Å². The van der Waals surface area contributed by atoms with Crippen LogP contribution in [0.1, 0.15) is 24.0 Å². The lowest BCUT2D eigenvalue weighted by Gasteiger charge is -2.15. The van der Waals surface area contributed by atoms with Crippen molar-refractivity contribution in [1.29, 1.82) is 0 Å². The fourth-order valence-electron chi connectivity index (χ4n) is 2.70. The molecule has 0 aromatic heterocycles. The minimum atomic E-state index is -0.374. The van der Waals surface area contributed by atoms with Crippen LogP contribution in [0.5, 0.6) is 5.75 Å². The molecule has 0 atom stereocenters. The first kappa shape index (κ1) is 21.9. The first-order chi connectivity index (χ1) is 13.2. The van der Waals surface area contributed by atoms with Crippen molar-refractivity contribution >= 4 is 35.6 Å². The molecule has 0 amide bonds. The molecule has 0 heterocycles. The van der Waals surface area contributed by atoms with E-state index in [0.29, 0.717) is 30.5 Å². The topological polar surface area (TPSA) is 88.8 Å². The van der Waals surface area contributed by atoms with Crippen molar-refractivity contribution in [3.8, 4) is 5.75 Å². The zero-order valence-corrected chi connectivity index (χ0v) is 18.1. The number of guanidine groups is 1. The summed E-state index contributed by atoms with van der Waals surface area (Å²) in [4.78, 5) is 14.9. The van der Waals surface area contributed by atoms with Crippen LogP contribution in [0, 0.1) is 16.0 Å². The molecule has 150 valence electrons. The van der Waals surface area contributed by atoms with Gasteiger partial charge in [0, 0.05) is 37.3 Å². The maximum Gasteiger partial charge on any atom is 0.274 e. The van der Waals surface area contributed by atoms with Gasteiger partial charge < -0.3 is 15.4 Å². The van der Waals surface area contributed by atoms with Crippen LogP contribution in [-0.2, 0) is 13.1 Å². The molecule has 7 nitrogen and oxygen atoms in total. The van der Waals surface area contributed by atoms with E-state index in [1.807, 2.05) is 24.3 Å². The maximum absolute atomic E-state index is 11.1. The predicted octanol–water partition coefficient (Wildman–Crippen LogP) is 3.87. The number of hydrogen-bond acceptors (Lipinski definition) is 4. The Balaban J connectivity index is 0.00000280. The number of hydrogen-bond donors (Lipinski definition) is 2. The Hall–Kier alpha value is -2.36. The Morgan fingerprint density at radius 2 is 1.71 bits per heavy atom. The van der Waals surface area contributed by atoms with Gasteiger partial charge in [-0.25, -0.2) is 0 Å². The van der Waals surface area contributed by atoms with E-state index >= 15 is 0 Å². The Morgan fingerprint density at radius 1 is 1.11 bits per heavy atom. The smallest absolute Gasteiger partial charge is 0.274 e. The Labute approximate surface area is 181 Å². The van der Waals surface area contributed by atoms with E-state index in [0.717, 1.165) is 17.9 Å². The summed E-state index contributed by atoms with van der Waals surface area (Å²) >= 11 is 0. The summed E-state index contributed by atoms with van der Waals surface area (Å²) in [7, 11) is 1.67. The molecule has 1 aliphatic rings. The third kappa shape index (κ3) is 6.36. The summed E-state index contributed by atoms with van der Waals surface area (Å²) in [5.74, 6) is 2.15. The van der Waals surface area contributed by atoms with Crippen LogP contribution in [0.2, 0.25) is 0 Å². The van der Waals surface area contributed by atoms with Crippen molar-refractivity contribution in [1.82, 2.24) is 10.6 Å². The second-order valence-corrected chi connectivity index (χ2v) is 6.53. The minimum absolute atomic E-state index is 0. The van der Waals surface area contributed by atoms with Crippen molar-refractivity contribution in [2.75, 3.05) is 13.7 Å². The molecule has 8 heteroatoms. The molecule has 0 saturated heterocycles. The third-order valence-electron chi connectivity index (χ3n) is 4.45. The van der Waals surface area contributed by atoms with E-state index in [-0.39, 0.29) is 34.6 Å². The number of nitrogens with one attached hydrogen (secondary N) is 2. The molecule has 0 spiro atoms. The van der Waals surface area contributed by atoms with Gasteiger partial charge >= 0.3 is 0 Å². The zero-order valence-electron chi connectivity index (χ0n) is 15.8. The highest BCUT2D eigenvalue weighted by molar-refractivity contribution is 14.0. The number of nitro groups is 1. The SMILES string of the molecule is CN=C(NCc1ccccc1OCC1CC1)NCc1ccccc1[N+](=O)[O-].I. The molecule has 1 fully saturated rings. The molecule has 2 N–H and O–H groups in total. The van der Waals surface area contributed by atoms with Crippen LogP contribution in [0.25, 0.3) is 0 Å². The lowest BCUT2D eigenvalue weighted by atomic mass is 10.2. The zero-order chi connectivity index (χ0) is 19.1. The molecule has 0 unspecified atom stereocenters. The molecule has 1 aliphatic carbocycles. The Morgan fingerprint density at radius 3 is 2.36 bits per heavy atom. The van der Waals surface area contributed by atoms with Crippen LogP contribution in [0.3, 0.4) is 0 Å². The molecule has 28 heavy (non-hydrogen) atoms. The molecule has 2 aromatic rings. The van der Waals surface area contributed by atoms with Gasteiger partial charge in [-0.1, -0.05) is 36.4 Å². The standard InChI is InChI=1S/C20H24N4O3.HI/c1-21-20(22-12-16-6-2-4-8-18(16)24(25)26)23-13-17-7-3-5-9-19(17)27-14-15-10-11-15;/h2-9,15H,10-14H2,1H3,(H2,21,22,23);1H. The summed E-state index contributed by atoms with van der Waals surface area (Å²) in [5.41, 5.74) is 1.75. The number of benzene rings is 2. The van der Waals surface area contributed by atoms with Gasteiger partial charge in [-0.3, -0.25) is 15.1 Å². The van der Waals surface area contributed by atoms with E-state index in [9.17, 15) is 10.1 Å². The predicted molar refractivity (Wildman–Crippen MR) is 120 cm³/mol. The van der Waals surface area contributed by atoms with Crippen LogP contribution < -0.4 is 15.4 Å². The average Bonchev–Trinajstić information content (AvgIpc) is 3.52. The van der Waals surface area contributed by atoms with Gasteiger partial charge in [0.2, 0.25) is 0 Å². The Kier molecular flexibility index (Phi) is 8.49. The summed E-state index contributed by atoms with van der Waals surface area (Å²) < 4.78 is 5.92. The quantitative estimate of drug-likeness (QED) is 0.191. The monoisotopic (exact) mass is 496 g/mol. The summed E-state index contributed by atoms with van der Waals surface area (Å²) in [6, 6.07) is 14.6. The normalized spacial score (nSPS) is 13.4. The first-order valence-corrected chi connectivity index (χ1v) is 9.05. The average molecular weight is 496 g/mol. The van der Waals surface area contributed by atoms with Crippen molar-refractivity contribution in [2.24, 2.45) is 10.9 Å². The summed E-state index contributed by atoms with van der Waals surface area (Å²) in [5, 5.41) is 17.5. The van der Waals surface area contributed by atoms with Gasteiger partial charge in [-0.15, -0.1) is 24.0 Å². The number of aliphatic imine (C=N–C) groups is 1. The molecule has 0 aliphatic heterocycles. The van der Waals surface area contributed by atoms with E-state index in [1.165, 1.54) is 18.9 Å². The van der Waals surface area contributed by atoms with Gasteiger partial charge in [-0.2, -0.15) is 0 Å². The van der Waals surface area contributed by atoms with Gasteiger partial charge in [0.1, 0.15) is 5.75 Å². The lowest BCUT2D eigenvalue weighted by molar-refractivity contribution is -0.385.